The Labute approximate surface area is 182 Å². The number of aromatic amines is 1. The number of fused-ring (bicyclic) bond motifs is 4. The fourth-order valence-electron chi connectivity index (χ4n) is 4.02. The van der Waals surface area contributed by atoms with Crippen molar-refractivity contribution in [3.8, 4) is 5.75 Å². The van der Waals surface area contributed by atoms with Gasteiger partial charge in [-0.05, 0) is 61.7 Å². The number of rotatable bonds is 4. The van der Waals surface area contributed by atoms with Crippen LogP contribution in [0.25, 0.3) is 22.1 Å². The molecule has 0 radical (unpaired) electrons. The molecule has 3 heterocycles. The van der Waals surface area contributed by atoms with Gasteiger partial charge in [0.1, 0.15) is 17.1 Å². The van der Waals surface area contributed by atoms with Crippen LogP contribution in [0.15, 0.2) is 41.6 Å². The molecule has 0 aliphatic carbocycles. The number of aromatic nitrogens is 4. The SMILES string of the molecule is COc1ccc2[nH]c3nc(SCC(=O)N4c5ccc(F)cc5CC[C@H]4C)nnc3c2c1. The van der Waals surface area contributed by atoms with E-state index in [9.17, 15) is 9.18 Å². The first-order valence-electron chi connectivity index (χ1n) is 9.97. The summed E-state index contributed by atoms with van der Waals surface area (Å²) in [4.78, 5) is 22.5. The zero-order valence-corrected chi connectivity index (χ0v) is 17.9. The molecule has 1 atom stereocenters. The monoisotopic (exact) mass is 437 g/mol. The summed E-state index contributed by atoms with van der Waals surface area (Å²) >= 11 is 1.24. The van der Waals surface area contributed by atoms with E-state index in [1.165, 1.54) is 23.9 Å². The van der Waals surface area contributed by atoms with Crippen LogP contribution in [-0.4, -0.2) is 45.0 Å². The number of anilines is 1. The van der Waals surface area contributed by atoms with Gasteiger partial charge in [-0.15, -0.1) is 10.2 Å². The third-order valence-corrected chi connectivity index (χ3v) is 6.39. The zero-order chi connectivity index (χ0) is 21.5. The number of amides is 1. The number of H-pyrrole nitrogens is 1. The summed E-state index contributed by atoms with van der Waals surface area (Å²) < 4.78 is 18.9. The first-order valence-corrected chi connectivity index (χ1v) is 11.0. The van der Waals surface area contributed by atoms with Crippen molar-refractivity contribution in [2.75, 3.05) is 17.8 Å². The van der Waals surface area contributed by atoms with E-state index in [2.05, 4.69) is 20.2 Å². The Morgan fingerprint density at radius 3 is 3.00 bits per heavy atom. The van der Waals surface area contributed by atoms with Crippen LogP contribution in [0.2, 0.25) is 0 Å². The van der Waals surface area contributed by atoms with Crippen LogP contribution in [0.3, 0.4) is 0 Å². The zero-order valence-electron chi connectivity index (χ0n) is 17.1. The maximum Gasteiger partial charge on any atom is 0.237 e. The molecule has 2 aromatic carbocycles. The molecule has 0 fully saturated rings. The molecular weight excluding hydrogens is 417 g/mol. The number of methoxy groups -OCH3 is 1. The smallest absolute Gasteiger partial charge is 0.237 e. The number of thioether (sulfide) groups is 1. The largest absolute Gasteiger partial charge is 0.497 e. The van der Waals surface area contributed by atoms with Gasteiger partial charge in [-0.25, -0.2) is 9.37 Å². The van der Waals surface area contributed by atoms with Gasteiger partial charge in [0.25, 0.3) is 0 Å². The lowest BCUT2D eigenvalue weighted by Gasteiger charge is -2.35. The van der Waals surface area contributed by atoms with Gasteiger partial charge in [-0.2, -0.15) is 0 Å². The topological polar surface area (TPSA) is 84.0 Å². The number of ether oxygens (including phenoxy) is 1. The highest BCUT2D eigenvalue weighted by Gasteiger charge is 2.28. The van der Waals surface area contributed by atoms with E-state index < -0.39 is 0 Å². The quantitative estimate of drug-likeness (QED) is 0.484. The van der Waals surface area contributed by atoms with Crippen molar-refractivity contribution in [1.29, 1.82) is 0 Å². The minimum atomic E-state index is -0.279. The minimum absolute atomic E-state index is 0.0521. The molecule has 7 nitrogen and oxygen atoms in total. The van der Waals surface area contributed by atoms with Crippen LogP contribution in [0.1, 0.15) is 18.9 Å². The van der Waals surface area contributed by atoms with Gasteiger partial charge in [-0.1, -0.05) is 11.8 Å². The molecule has 4 aromatic rings. The lowest BCUT2D eigenvalue weighted by molar-refractivity contribution is -0.116. The fourth-order valence-corrected chi connectivity index (χ4v) is 4.67. The van der Waals surface area contributed by atoms with Crippen molar-refractivity contribution >= 4 is 45.4 Å². The number of hydrogen-bond donors (Lipinski definition) is 1. The lowest BCUT2D eigenvalue weighted by atomic mass is 9.96. The summed E-state index contributed by atoms with van der Waals surface area (Å²) in [5.74, 6) is 0.562. The van der Waals surface area contributed by atoms with E-state index in [0.29, 0.717) is 16.3 Å². The Morgan fingerprint density at radius 2 is 2.16 bits per heavy atom. The predicted molar refractivity (Wildman–Crippen MR) is 118 cm³/mol. The van der Waals surface area contributed by atoms with Gasteiger partial charge in [0, 0.05) is 22.6 Å². The van der Waals surface area contributed by atoms with Crippen molar-refractivity contribution in [1.82, 2.24) is 20.2 Å². The molecule has 1 N–H and O–H groups in total. The molecule has 0 spiro atoms. The number of carbonyl (C=O) groups is 1. The molecule has 0 bridgehead atoms. The van der Waals surface area contributed by atoms with Crippen molar-refractivity contribution in [3.05, 3.63) is 47.8 Å². The van der Waals surface area contributed by atoms with Gasteiger partial charge in [0.05, 0.1) is 12.9 Å². The van der Waals surface area contributed by atoms with Crippen LogP contribution in [0, 0.1) is 5.82 Å². The molecule has 31 heavy (non-hydrogen) atoms. The maximum absolute atomic E-state index is 13.6. The minimum Gasteiger partial charge on any atom is -0.497 e. The summed E-state index contributed by atoms with van der Waals surface area (Å²) in [6.07, 6.45) is 1.56. The maximum atomic E-state index is 13.6. The fraction of sp³-hybridized carbons (Fsp3) is 0.273. The summed E-state index contributed by atoms with van der Waals surface area (Å²) in [5, 5.41) is 9.81. The van der Waals surface area contributed by atoms with E-state index in [0.717, 1.165) is 40.7 Å². The molecule has 2 aromatic heterocycles. The molecule has 1 amide bonds. The number of nitrogens with zero attached hydrogens (tertiary/aromatic N) is 4. The lowest BCUT2D eigenvalue weighted by Crippen LogP contribution is -2.43. The molecule has 0 unspecified atom stereocenters. The normalized spacial score (nSPS) is 16.0. The standard InChI is InChI=1S/C22H20FN5O2S/c1-12-3-4-13-9-14(23)5-8-18(13)28(12)19(29)11-31-22-25-21-20(26-27-22)16-10-15(30-2)6-7-17(16)24-21/h5-10,12H,3-4,11H2,1-2H3,(H,24,25,27)/t12-/m1/s1. The van der Waals surface area contributed by atoms with Crippen molar-refractivity contribution in [2.24, 2.45) is 0 Å². The van der Waals surface area contributed by atoms with Gasteiger partial charge < -0.3 is 14.6 Å². The number of nitrogens with one attached hydrogen (secondary N) is 1. The Bertz CT molecular complexity index is 1310. The van der Waals surface area contributed by atoms with Crippen molar-refractivity contribution in [3.63, 3.8) is 0 Å². The first-order chi connectivity index (χ1) is 15.0. The molecule has 0 saturated heterocycles. The number of halogens is 1. The van der Waals surface area contributed by atoms with Gasteiger partial charge >= 0.3 is 0 Å². The van der Waals surface area contributed by atoms with Crippen LogP contribution in [-0.2, 0) is 11.2 Å². The van der Waals surface area contributed by atoms with Crippen LogP contribution < -0.4 is 9.64 Å². The van der Waals surface area contributed by atoms with Gasteiger partial charge in [0.2, 0.25) is 11.1 Å². The van der Waals surface area contributed by atoms with Crippen LogP contribution >= 0.6 is 11.8 Å². The summed E-state index contributed by atoms with van der Waals surface area (Å²) in [6, 6.07) is 10.3. The average molecular weight is 438 g/mol. The molecule has 0 saturated carbocycles. The average Bonchev–Trinajstić information content (AvgIpc) is 3.14. The molecule has 1 aliphatic heterocycles. The molecule has 1 aliphatic rings. The Kier molecular flexibility index (Phi) is 4.97. The van der Waals surface area contributed by atoms with Crippen molar-refractivity contribution < 1.29 is 13.9 Å². The predicted octanol–water partition coefficient (Wildman–Crippen LogP) is 4.11. The highest BCUT2D eigenvalue weighted by molar-refractivity contribution is 7.99. The molecular formula is C22H20FN5O2S. The third-order valence-electron chi connectivity index (χ3n) is 5.57. The van der Waals surface area contributed by atoms with E-state index >= 15 is 0 Å². The van der Waals surface area contributed by atoms with Gasteiger partial charge in [0.15, 0.2) is 5.65 Å². The van der Waals surface area contributed by atoms with Crippen LogP contribution in [0.5, 0.6) is 5.75 Å². The molecule has 9 heteroatoms. The number of benzene rings is 2. The second-order valence-electron chi connectivity index (χ2n) is 7.54. The first kappa shape index (κ1) is 19.7. The van der Waals surface area contributed by atoms with E-state index in [1.807, 2.05) is 25.1 Å². The summed E-state index contributed by atoms with van der Waals surface area (Å²) in [6.45, 7) is 2.01. The second kappa shape index (κ2) is 7.81. The summed E-state index contributed by atoms with van der Waals surface area (Å²) in [7, 11) is 1.61. The third kappa shape index (κ3) is 3.59. The van der Waals surface area contributed by atoms with E-state index in [4.69, 9.17) is 4.74 Å². The number of carbonyl (C=O) groups excluding carboxylic acids is 1. The Balaban J connectivity index is 1.37. The number of aryl methyl sites for hydroxylation is 1. The molecule has 158 valence electrons. The highest BCUT2D eigenvalue weighted by Crippen LogP contribution is 2.32. The second-order valence-corrected chi connectivity index (χ2v) is 8.48. The van der Waals surface area contributed by atoms with Gasteiger partial charge in [-0.3, -0.25) is 4.79 Å². The van der Waals surface area contributed by atoms with E-state index in [-0.39, 0.29) is 23.5 Å². The summed E-state index contributed by atoms with van der Waals surface area (Å²) in [5.41, 5.74) is 3.81. The number of hydrogen-bond acceptors (Lipinski definition) is 6. The Morgan fingerprint density at radius 1 is 1.29 bits per heavy atom. The van der Waals surface area contributed by atoms with Crippen molar-refractivity contribution in [2.45, 2.75) is 31.0 Å². The van der Waals surface area contributed by atoms with Crippen LogP contribution in [0.4, 0.5) is 10.1 Å². The highest BCUT2D eigenvalue weighted by atomic mass is 32.2. The van der Waals surface area contributed by atoms with E-state index in [1.54, 1.807) is 18.1 Å². The molecule has 5 rings (SSSR count). The Hall–Kier alpha value is -3.20.